The molecule has 62 valence electrons. The molecule has 0 radical (unpaired) electrons. The van der Waals surface area contributed by atoms with Gasteiger partial charge in [0.25, 0.3) is 0 Å². The molecular weight excluding hydrogens is 150 g/mol. The fourth-order valence-electron chi connectivity index (χ4n) is 1.34. The lowest BCUT2D eigenvalue weighted by molar-refractivity contribution is 0.414. The Balaban J connectivity index is 2.71. The second-order valence-corrected chi connectivity index (χ2v) is 2.86. The number of aryl methyl sites for hydroxylation is 1. The smallest absolute Gasteiger partial charge is 0.122 e. The van der Waals surface area contributed by atoms with Crippen molar-refractivity contribution in [2.45, 2.75) is 6.92 Å². The van der Waals surface area contributed by atoms with Gasteiger partial charge >= 0.3 is 0 Å². The second-order valence-electron chi connectivity index (χ2n) is 2.86. The zero-order valence-electron chi connectivity index (χ0n) is 7.24. The molecule has 0 saturated heterocycles. The number of pyridine rings is 1. The summed E-state index contributed by atoms with van der Waals surface area (Å²) in [6.45, 7) is 2.09. The zero-order valence-corrected chi connectivity index (χ0v) is 7.24. The highest BCUT2D eigenvalue weighted by Gasteiger charge is 1.98. The minimum Gasteiger partial charge on any atom is -0.497 e. The lowest BCUT2D eigenvalue weighted by atomic mass is 10.3. The van der Waals surface area contributed by atoms with Crippen molar-refractivity contribution in [3.63, 3.8) is 0 Å². The molecule has 2 heterocycles. The lowest BCUT2D eigenvalue weighted by Gasteiger charge is -2.00. The quantitative estimate of drug-likeness (QED) is 0.625. The molecule has 0 aromatic carbocycles. The molecule has 0 amide bonds. The first kappa shape index (κ1) is 7.22. The third-order valence-electron chi connectivity index (χ3n) is 2.08. The molecule has 2 rings (SSSR count). The number of hydrogen-bond donors (Lipinski definition) is 0. The Bertz CT molecular complexity index is 403. The summed E-state index contributed by atoms with van der Waals surface area (Å²) in [7, 11) is 1.68. The van der Waals surface area contributed by atoms with E-state index in [1.165, 1.54) is 11.1 Å². The van der Waals surface area contributed by atoms with Crippen molar-refractivity contribution >= 4 is 5.52 Å². The molecule has 0 aliphatic heterocycles. The van der Waals surface area contributed by atoms with E-state index in [4.69, 9.17) is 4.74 Å². The average molecular weight is 161 g/mol. The Morgan fingerprint density at radius 1 is 1.25 bits per heavy atom. The van der Waals surface area contributed by atoms with Crippen molar-refractivity contribution < 1.29 is 4.74 Å². The highest BCUT2D eigenvalue weighted by molar-refractivity contribution is 5.57. The van der Waals surface area contributed by atoms with Crippen LogP contribution in [0, 0.1) is 6.92 Å². The van der Waals surface area contributed by atoms with Crippen LogP contribution in [0.1, 0.15) is 5.56 Å². The summed E-state index contributed by atoms with van der Waals surface area (Å²) < 4.78 is 7.21. The highest BCUT2D eigenvalue weighted by atomic mass is 16.5. The molecule has 0 aliphatic carbocycles. The monoisotopic (exact) mass is 161 g/mol. The summed E-state index contributed by atoms with van der Waals surface area (Å²) in [5, 5.41) is 0. The van der Waals surface area contributed by atoms with Gasteiger partial charge in [0.1, 0.15) is 5.75 Å². The predicted molar refractivity (Wildman–Crippen MR) is 48.7 cm³/mol. The summed E-state index contributed by atoms with van der Waals surface area (Å²) in [6, 6.07) is 6.08. The van der Waals surface area contributed by atoms with Crippen LogP contribution in [0.4, 0.5) is 0 Å². The van der Waals surface area contributed by atoms with Gasteiger partial charge in [0, 0.05) is 18.5 Å². The standard InChI is InChI=1S/C10H11NO/c1-8-3-5-11-6-4-9(12-2)7-10(8)11/h3-7H,1-2H3. The number of aromatic nitrogens is 1. The number of fused-ring (bicyclic) bond motifs is 1. The first-order valence-electron chi connectivity index (χ1n) is 3.92. The van der Waals surface area contributed by atoms with Gasteiger partial charge in [-0.15, -0.1) is 0 Å². The number of methoxy groups -OCH3 is 1. The van der Waals surface area contributed by atoms with Gasteiger partial charge in [-0.1, -0.05) is 0 Å². The molecule has 12 heavy (non-hydrogen) atoms. The number of nitrogens with zero attached hydrogens (tertiary/aromatic N) is 1. The van der Waals surface area contributed by atoms with E-state index in [1.54, 1.807) is 7.11 Å². The van der Waals surface area contributed by atoms with Crippen molar-refractivity contribution in [1.82, 2.24) is 4.40 Å². The molecule has 0 fully saturated rings. The van der Waals surface area contributed by atoms with Crippen LogP contribution in [0.3, 0.4) is 0 Å². The van der Waals surface area contributed by atoms with Crippen LogP contribution in [0.15, 0.2) is 30.6 Å². The highest BCUT2D eigenvalue weighted by Crippen LogP contribution is 2.17. The van der Waals surface area contributed by atoms with Gasteiger partial charge in [-0.2, -0.15) is 0 Å². The fourth-order valence-corrected chi connectivity index (χ4v) is 1.34. The molecule has 0 unspecified atom stereocenters. The third kappa shape index (κ3) is 0.961. The Kier molecular flexibility index (Phi) is 1.54. The van der Waals surface area contributed by atoms with Crippen LogP contribution in [0.5, 0.6) is 5.75 Å². The maximum Gasteiger partial charge on any atom is 0.122 e. The summed E-state index contributed by atoms with van der Waals surface area (Å²) in [6.07, 6.45) is 4.05. The maximum absolute atomic E-state index is 5.13. The Labute approximate surface area is 71.4 Å². The first-order chi connectivity index (χ1) is 5.81. The van der Waals surface area contributed by atoms with E-state index < -0.39 is 0 Å². The van der Waals surface area contributed by atoms with Crippen molar-refractivity contribution in [3.05, 3.63) is 36.2 Å². The third-order valence-corrected chi connectivity index (χ3v) is 2.08. The number of hydrogen-bond acceptors (Lipinski definition) is 1. The first-order valence-corrected chi connectivity index (χ1v) is 3.92. The largest absolute Gasteiger partial charge is 0.497 e. The van der Waals surface area contributed by atoms with Crippen LogP contribution in [-0.2, 0) is 0 Å². The SMILES string of the molecule is COc1ccn2ccc(C)c2c1. The molecule has 0 aliphatic rings. The zero-order chi connectivity index (χ0) is 8.55. The van der Waals surface area contributed by atoms with E-state index in [9.17, 15) is 0 Å². The predicted octanol–water partition coefficient (Wildman–Crippen LogP) is 2.26. The topological polar surface area (TPSA) is 13.6 Å². The second kappa shape index (κ2) is 2.55. The van der Waals surface area contributed by atoms with E-state index >= 15 is 0 Å². The molecular formula is C10H11NO. The lowest BCUT2D eigenvalue weighted by Crippen LogP contribution is -1.86. The van der Waals surface area contributed by atoms with E-state index in [0.717, 1.165) is 5.75 Å². The van der Waals surface area contributed by atoms with Gasteiger partial charge in [0.05, 0.1) is 12.6 Å². The normalized spacial score (nSPS) is 10.5. The van der Waals surface area contributed by atoms with E-state index in [2.05, 4.69) is 17.4 Å². The summed E-state index contributed by atoms with van der Waals surface area (Å²) in [4.78, 5) is 0. The van der Waals surface area contributed by atoms with Gasteiger partial charge in [0.15, 0.2) is 0 Å². The van der Waals surface area contributed by atoms with Crippen molar-refractivity contribution in [2.75, 3.05) is 7.11 Å². The van der Waals surface area contributed by atoms with Gasteiger partial charge in [0.2, 0.25) is 0 Å². The number of ether oxygens (including phenoxy) is 1. The van der Waals surface area contributed by atoms with Crippen molar-refractivity contribution in [1.29, 1.82) is 0 Å². The molecule has 0 bridgehead atoms. The van der Waals surface area contributed by atoms with Gasteiger partial charge in [-0.25, -0.2) is 0 Å². The summed E-state index contributed by atoms with van der Waals surface area (Å²) >= 11 is 0. The van der Waals surface area contributed by atoms with Crippen LogP contribution < -0.4 is 4.74 Å². The van der Waals surface area contributed by atoms with Crippen LogP contribution in [-0.4, -0.2) is 11.5 Å². The minimum absolute atomic E-state index is 0.907. The van der Waals surface area contributed by atoms with E-state index in [1.807, 2.05) is 24.5 Å². The fraction of sp³-hybridized carbons (Fsp3) is 0.200. The van der Waals surface area contributed by atoms with Crippen molar-refractivity contribution in [2.24, 2.45) is 0 Å². The van der Waals surface area contributed by atoms with Crippen LogP contribution in [0.25, 0.3) is 5.52 Å². The average Bonchev–Trinajstić information content (AvgIpc) is 2.47. The minimum atomic E-state index is 0.907. The maximum atomic E-state index is 5.13. The van der Waals surface area contributed by atoms with Crippen LogP contribution >= 0.6 is 0 Å². The number of rotatable bonds is 1. The van der Waals surface area contributed by atoms with E-state index in [-0.39, 0.29) is 0 Å². The Hall–Kier alpha value is -1.44. The summed E-state index contributed by atoms with van der Waals surface area (Å²) in [5.41, 5.74) is 2.48. The Morgan fingerprint density at radius 2 is 2.00 bits per heavy atom. The van der Waals surface area contributed by atoms with E-state index in [0.29, 0.717) is 0 Å². The molecule has 0 spiro atoms. The van der Waals surface area contributed by atoms with Crippen molar-refractivity contribution in [3.8, 4) is 5.75 Å². The Morgan fingerprint density at radius 3 is 2.75 bits per heavy atom. The summed E-state index contributed by atoms with van der Waals surface area (Å²) in [5.74, 6) is 0.907. The van der Waals surface area contributed by atoms with Gasteiger partial charge in [-0.3, -0.25) is 0 Å². The molecule has 0 N–H and O–H groups in total. The van der Waals surface area contributed by atoms with Crippen LogP contribution in [0.2, 0.25) is 0 Å². The van der Waals surface area contributed by atoms with Gasteiger partial charge in [-0.05, 0) is 24.6 Å². The van der Waals surface area contributed by atoms with Gasteiger partial charge < -0.3 is 9.14 Å². The molecule has 2 aromatic rings. The molecule has 0 saturated carbocycles. The molecule has 2 aromatic heterocycles. The molecule has 0 atom stereocenters. The molecule has 2 heteroatoms. The molecule has 2 nitrogen and oxygen atoms in total.